The number of hydrogen-bond acceptors (Lipinski definition) is 6. The summed E-state index contributed by atoms with van der Waals surface area (Å²) in [6.07, 6.45) is 3.63. The summed E-state index contributed by atoms with van der Waals surface area (Å²) in [5, 5.41) is 14.0. The van der Waals surface area contributed by atoms with Gasteiger partial charge in [0.2, 0.25) is 0 Å². The Morgan fingerprint density at radius 2 is 1.51 bits per heavy atom. The summed E-state index contributed by atoms with van der Waals surface area (Å²) in [6, 6.07) is 29.9. The molecule has 0 aliphatic heterocycles. The van der Waals surface area contributed by atoms with Gasteiger partial charge in [0, 0.05) is 36.4 Å². The molecule has 0 fully saturated rings. The highest BCUT2D eigenvalue weighted by Crippen LogP contribution is 2.31. The van der Waals surface area contributed by atoms with Crippen LogP contribution >= 0.6 is 0 Å². The van der Waals surface area contributed by atoms with E-state index in [1.807, 2.05) is 85.9 Å². The van der Waals surface area contributed by atoms with Crippen molar-refractivity contribution in [1.29, 1.82) is 0 Å². The van der Waals surface area contributed by atoms with E-state index in [1.165, 1.54) is 0 Å². The van der Waals surface area contributed by atoms with E-state index in [9.17, 15) is 4.79 Å². The second-order valence-electron chi connectivity index (χ2n) is 10.4. The molecule has 0 spiro atoms. The van der Waals surface area contributed by atoms with Crippen molar-refractivity contribution in [3.8, 4) is 0 Å². The predicted molar refractivity (Wildman–Crippen MR) is 159 cm³/mol. The smallest absolute Gasteiger partial charge is 0.253 e. The number of nitrogens with zero attached hydrogens (tertiary/aromatic N) is 6. The largest absolute Gasteiger partial charge is 0.321 e. The number of benzene rings is 3. The topological polar surface area (TPSA) is 92.6 Å². The minimum Gasteiger partial charge on any atom is -0.321 e. The van der Waals surface area contributed by atoms with Gasteiger partial charge in [-0.2, -0.15) is 0 Å². The molecule has 3 heterocycles. The number of aryl methyl sites for hydroxylation is 2. The van der Waals surface area contributed by atoms with Crippen LogP contribution in [0.5, 0.6) is 0 Å². The van der Waals surface area contributed by atoms with Gasteiger partial charge in [0.15, 0.2) is 5.82 Å². The molecule has 0 saturated carbocycles. The summed E-state index contributed by atoms with van der Waals surface area (Å²) in [6.45, 7) is 5.67. The summed E-state index contributed by atoms with van der Waals surface area (Å²) < 4.78 is 1.80. The van der Waals surface area contributed by atoms with Crippen molar-refractivity contribution in [3.05, 3.63) is 153 Å². The molecule has 204 valence electrons. The maximum atomic E-state index is 13.9. The minimum atomic E-state index is -0.540. The highest BCUT2D eigenvalue weighted by Gasteiger charge is 2.31. The minimum absolute atomic E-state index is 0.158. The van der Waals surface area contributed by atoms with Crippen LogP contribution in [0.15, 0.2) is 108 Å². The molecule has 6 aromatic rings. The van der Waals surface area contributed by atoms with Crippen molar-refractivity contribution in [2.75, 3.05) is 0 Å². The van der Waals surface area contributed by atoms with Crippen LogP contribution in [0.3, 0.4) is 0 Å². The average Bonchev–Trinajstić information content (AvgIpc) is 3.44. The zero-order chi connectivity index (χ0) is 28.2. The summed E-state index contributed by atoms with van der Waals surface area (Å²) >= 11 is 0. The molecule has 8 nitrogen and oxygen atoms in total. The molecule has 0 aliphatic rings. The van der Waals surface area contributed by atoms with Gasteiger partial charge in [0.05, 0.1) is 12.1 Å². The SMILES string of the molecule is Cc1ccc(C)c2[nH]c(=O)c([C@@H](c3nnnn3Cc3ccccc3)N(Cc3ccccc3)Cc3cccnc3)cc12. The quantitative estimate of drug-likeness (QED) is 0.265. The van der Waals surface area contributed by atoms with Gasteiger partial charge in [-0.1, -0.05) is 78.9 Å². The van der Waals surface area contributed by atoms with Crippen LogP contribution in [0, 0.1) is 13.8 Å². The number of aromatic nitrogens is 6. The fourth-order valence-corrected chi connectivity index (χ4v) is 5.35. The van der Waals surface area contributed by atoms with Crippen LogP contribution in [0.4, 0.5) is 0 Å². The standard InChI is InChI=1S/C33H31N7O/c1-23-15-16-24(2)30-28(23)18-29(33(41)35-30)31(32-36-37-38-40(32)22-26-12-7-4-8-13-26)39(20-25-10-5-3-6-11-25)21-27-14-9-17-34-19-27/h3-19,31H,20-22H2,1-2H3,(H,35,41)/t31-/m0/s1. The normalized spacial score (nSPS) is 12.2. The zero-order valence-electron chi connectivity index (χ0n) is 23.1. The molecule has 0 unspecified atom stereocenters. The summed E-state index contributed by atoms with van der Waals surface area (Å²) in [7, 11) is 0. The number of aromatic amines is 1. The van der Waals surface area contributed by atoms with E-state index in [0.29, 0.717) is 31.0 Å². The molecule has 3 aromatic carbocycles. The Morgan fingerprint density at radius 1 is 0.829 bits per heavy atom. The van der Waals surface area contributed by atoms with E-state index in [2.05, 4.69) is 55.5 Å². The first kappa shape index (κ1) is 26.3. The number of pyridine rings is 2. The van der Waals surface area contributed by atoms with Crippen LogP contribution in [0.25, 0.3) is 10.9 Å². The average molecular weight is 542 g/mol. The molecule has 1 N–H and O–H groups in total. The van der Waals surface area contributed by atoms with Gasteiger partial charge in [-0.25, -0.2) is 4.68 Å². The molecular formula is C33H31N7O. The summed E-state index contributed by atoms with van der Waals surface area (Å²) in [4.78, 5) is 23.7. The van der Waals surface area contributed by atoms with Gasteiger partial charge in [0.25, 0.3) is 5.56 Å². The highest BCUT2D eigenvalue weighted by molar-refractivity contribution is 5.85. The molecule has 41 heavy (non-hydrogen) atoms. The van der Waals surface area contributed by atoms with Crippen LogP contribution in [-0.4, -0.2) is 35.1 Å². The molecule has 0 radical (unpaired) electrons. The Hall–Kier alpha value is -4.95. The third-order valence-corrected chi connectivity index (χ3v) is 7.45. The van der Waals surface area contributed by atoms with Crippen LogP contribution < -0.4 is 5.56 Å². The van der Waals surface area contributed by atoms with Gasteiger partial charge in [-0.15, -0.1) is 5.10 Å². The lowest BCUT2D eigenvalue weighted by atomic mass is 9.98. The summed E-state index contributed by atoms with van der Waals surface area (Å²) in [5.74, 6) is 0.601. The van der Waals surface area contributed by atoms with Crippen molar-refractivity contribution in [2.24, 2.45) is 0 Å². The Kier molecular flexibility index (Phi) is 7.47. The Labute approximate surface area is 238 Å². The van der Waals surface area contributed by atoms with Crippen molar-refractivity contribution >= 4 is 10.9 Å². The van der Waals surface area contributed by atoms with E-state index < -0.39 is 6.04 Å². The number of nitrogens with one attached hydrogen (secondary N) is 1. The highest BCUT2D eigenvalue weighted by atomic mass is 16.1. The van der Waals surface area contributed by atoms with Crippen molar-refractivity contribution in [3.63, 3.8) is 0 Å². The maximum Gasteiger partial charge on any atom is 0.253 e. The van der Waals surface area contributed by atoms with Crippen LogP contribution in [0.2, 0.25) is 0 Å². The van der Waals surface area contributed by atoms with Gasteiger partial charge < -0.3 is 4.98 Å². The van der Waals surface area contributed by atoms with Crippen LogP contribution in [0.1, 0.15) is 45.2 Å². The monoisotopic (exact) mass is 541 g/mol. The number of fused-ring (bicyclic) bond motifs is 1. The summed E-state index contributed by atoms with van der Waals surface area (Å²) in [5.41, 5.74) is 6.62. The van der Waals surface area contributed by atoms with E-state index in [1.54, 1.807) is 10.9 Å². The Morgan fingerprint density at radius 3 is 2.24 bits per heavy atom. The Balaban J connectivity index is 1.55. The van der Waals surface area contributed by atoms with Crippen LogP contribution in [-0.2, 0) is 19.6 Å². The zero-order valence-corrected chi connectivity index (χ0v) is 23.1. The first-order valence-electron chi connectivity index (χ1n) is 13.7. The molecule has 0 amide bonds. The van der Waals surface area contributed by atoms with Gasteiger partial charge >= 0.3 is 0 Å². The van der Waals surface area contributed by atoms with E-state index in [0.717, 1.165) is 38.7 Å². The van der Waals surface area contributed by atoms with Gasteiger partial charge in [0.1, 0.15) is 6.04 Å². The molecule has 0 bridgehead atoms. The molecule has 6 rings (SSSR count). The van der Waals surface area contributed by atoms with Gasteiger partial charge in [-0.05, 0) is 64.2 Å². The number of H-pyrrole nitrogens is 1. The molecule has 0 saturated heterocycles. The molecule has 8 heteroatoms. The van der Waals surface area contributed by atoms with E-state index >= 15 is 0 Å². The number of tetrazole rings is 1. The van der Waals surface area contributed by atoms with Crippen molar-refractivity contribution in [1.82, 2.24) is 35.1 Å². The van der Waals surface area contributed by atoms with Crippen molar-refractivity contribution in [2.45, 2.75) is 39.5 Å². The molecular weight excluding hydrogens is 510 g/mol. The fourth-order valence-electron chi connectivity index (χ4n) is 5.35. The lowest BCUT2D eigenvalue weighted by Gasteiger charge is -2.31. The third-order valence-electron chi connectivity index (χ3n) is 7.45. The Bertz CT molecular complexity index is 1770. The molecule has 1 atom stereocenters. The predicted octanol–water partition coefficient (Wildman–Crippen LogP) is 5.37. The lowest BCUT2D eigenvalue weighted by molar-refractivity contribution is 0.194. The van der Waals surface area contributed by atoms with Gasteiger partial charge in [-0.3, -0.25) is 14.7 Å². The first-order chi connectivity index (χ1) is 20.1. The second kappa shape index (κ2) is 11.7. The number of hydrogen-bond donors (Lipinski definition) is 1. The lowest BCUT2D eigenvalue weighted by Crippen LogP contribution is -2.35. The number of rotatable bonds is 9. The first-order valence-corrected chi connectivity index (χ1v) is 13.7. The van der Waals surface area contributed by atoms with E-state index in [-0.39, 0.29) is 5.56 Å². The molecule has 3 aromatic heterocycles. The molecule has 0 aliphatic carbocycles. The second-order valence-corrected chi connectivity index (χ2v) is 10.4. The third kappa shape index (κ3) is 5.69. The van der Waals surface area contributed by atoms with Crippen molar-refractivity contribution < 1.29 is 0 Å². The van der Waals surface area contributed by atoms with E-state index in [4.69, 9.17) is 0 Å². The fraction of sp³-hybridized carbons (Fsp3) is 0.182. The maximum absolute atomic E-state index is 13.9.